The van der Waals surface area contributed by atoms with Gasteiger partial charge in [-0.1, -0.05) is 13.8 Å². The number of rotatable bonds is 4. The topological polar surface area (TPSA) is 30.5 Å². The van der Waals surface area contributed by atoms with Crippen molar-refractivity contribution in [2.45, 2.75) is 57.8 Å². The number of hydrogen-bond donors (Lipinski definition) is 1. The van der Waals surface area contributed by atoms with Crippen molar-refractivity contribution in [3.05, 3.63) is 0 Å². The highest BCUT2D eigenvalue weighted by atomic mass is 16.5. The monoisotopic (exact) mass is 227 g/mol. The Labute approximate surface area is 98.9 Å². The summed E-state index contributed by atoms with van der Waals surface area (Å²) in [6, 6.07) is 0.602. The zero-order chi connectivity index (χ0) is 11.6. The third kappa shape index (κ3) is 2.41. The molecule has 1 saturated carbocycles. The fourth-order valence-electron chi connectivity index (χ4n) is 2.82. The van der Waals surface area contributed by atoms with Gasteiger partial charge in [-0.25, -0.2) is 0 Å². The summed E-state index contributed by atoms with van der Waals surface area (Å²) in [5.74, 6) is 0. The molecule has 3 unspecified atom stereocenters. The van der Waals surface area contributed by atoms with Gasteiger partial charge in [0.2, 0.25) is 0 Å². The predicted molar refractivity (Wildman–Crippen MR) is 64.6 cm³/mol. The van der Waals surface area contributed by atoms with Gasteiger partial charge in [-0.05, 0) is 32.7 Å². The van der Waals surface area contributed by atoms with Gasteiger partial charge in [-0.2, -0.15) is 0 Å². The standard InChI is InChI=1S/C13H25NO2/c1-13(2)11(14-3)8-12(13)16-9-10-6-4-5-7-15-10/h10-12,14H,4-9H2,1-3H3. The second-order valence-corrected chi connectivity index (χ2v) is 5.71. The molecule has 2 aliphatic rings. The lowest BCUT2D eigenvalue weighted by Gasteiger charge is -2.51. The van der Waals surface area contributed by atoms with E-state index < -0.39 is 0 Å². The van der Waals surface area contributed by atoms with Crippen molar-refractivity contribution in [2.75, 3.05) is 20.3 Å². The van der Waals surface area contributed by atoms with Crippen LogP contribution < -0.4 is 5.32 Å². The van der Waals surface area contributed by atoms with Crippen LogP contribution in [0.5, 0.6) is 0 Å². The molecule has 0 amide bonds. The van der Waals surface area contributed by atoms with E-state index in [4.69, 9.17) is 9.47 Å². The summed E-state index contributed by atoms with van der Waals surface area (Å²) in [6.45, 7) is 6.26. The van der Waals surface area contributed by atoms with E-state index in [0.717, 1.165) is 19.6 Å². The molecule has 0 aromatic rings. The molecular weight excluding hydrogens is 202 g/mol. The Morgan fingerprint density at radius 2 is 2.19 bits per heavy atom. The van der Waals surface area contributed by atoms with E-state index in [0.29, 0.717) is 18.2 Å². The van der Waals surface area contributed by atoms with E-state index in [2.05, 4.69) is 19.2 Å². The Morgan fingerprint density at radius 3 is 2.75 bits per heavy atom. The second kappa shape index (κ2) is 5.03. The molecule has 0 aromatic heterocycles. The van der Waals surface area contributed by atoms with E-state index in [9.17, 15) is 0 Å². The van der Waals surface area contributed by atoms with Crippen molar-refractivity contribution in [3.63, 3.8) is 0 Å². The van der Waals surface area contributed by atoms with E-state index in [-0.39, 0.29) is 5.41 Å². The predicted octanol–water partition coefficient (Wildman–Crippen LogP) is 1.96. The minimum atomic E-state index is 0.267. The van der Waals surface area contributed by atoms with Gasteiger partial charge in [0.1, 0.15) is 0 Å². The Balaban J connectivity index is 1.71. The van der Waals surface area contributed by atoms with Crippen LogP contribution in [0.2, 0.25) is 0 Å². The minimum Gasteiger partial charge on any atom is -0.376 e. The SMILES string of the molecule is CNC1CC(OCC2CCCCO2)C1(C)C. The van der Waals surface area contributed by atoms with Crippen LogP contribution in [-0.2, 0) is 9.47 Å². The van der Waals surface area contributed by atoms with Crippen LogP contribution in [0.3, 0.4) is 0 Å². The smallest absolute Gasteiger partial charge is 0.0808 e. The summed E-state index contributed by atoms with van der Waals surface area (Å²) in [4.78, 5) is 0. The van der Waals surface area contributed by atoms with Crippen molar-refractivity contribution >= 4 is 0 Å². The molecule has 94 valence electrons. The molecular formula is C13H25NO2. The van der Waals surface area contributed by atoms with Crippen molar-refractivity contribution in [2.24, 2.45) is 5.41 Å². The van der Waals surface area contributed by atoms with Crippen molar-refractivity contribution in [3.8, 4) is 0 Å². The van der Waals surface area contributed by atoms with Crippen LogP contribution >= 0.6 is 0 Å². The van der Waals surface area contributed by atoms with Crippen molar-refractivity contribution in [1.29, 1.82) is 0 Å². The Morgan fingerprint density at radius 1 is 1.38 bits per heavy atom. The highest BCUT2D eigenvalue weighted by Gasteiger charge is 2.48. The molecule has 1 aliphatic carbocycles. The third-order valence-electron chi connectivity index (χ3n) is 4.28. The van der Waals surface area contributed by atoms with E-state index in [1.165, 1.54) is 19.3 Å². The van der Waals surface area contributed by atoms with Crippen LogP contribution in [0.4, 0.5) is 0 Å². The zero-order valence-corrected chi connectivity index (χ0v) is 10.8. The van der Waals surface area contributed by atoms with Gasteiger partial charge in [-0.3, -0.25) is 0 Å². The molecule has 0 radical (unpaired) electrons. The lowest BCUT2D eigenvalue weighted by atomic mass is 9.64. The van der Waals surface area contributed by atoms with E-state index in [1.807, 2.05) is 7.05 Å². The second-order valence-electron chi connectivity index (χ2n) is 5.71. The molecule has 0 aromatic carbocycles. The largest absolute Gasteiger partial charge is 0.376 e. The molecule has 2 fully saturated rings. The van der Waals surface area contributed by atoms with Crippen molar-refractivity contribution in [1.82, 2.24) is 5.32 Å². The van der Waals surface area contributed by atoms with Crippen LogP contribution in [-0.4, -0.2) is 38.5 Å². The van der Waals surface area contributed by atoms with Gasteiger partial charge < -0.3 is 14.8 Å². The van der Waals surface area contributed by atoms with Crippen LogP contribution in [0.1, 0.15) is 39.5 Å². The van der Waals surface area contributed by atoms with Crippen LogP contribution in [0.15, 0.2) is 0 Å². The molecule has 1 heterocycles. The summed E-state index contributed by atoms with van der Waals surface area (Å²) in [5, 5.41) is 3.35. The molecule has 1 N–H and O–H groups in total. The number of ether oxygens (including phenoxy) is 2. The van der Waals surface area contributed by atoms with Gasteiger partial charge in [-0.15, -0.1) is 0 Å². The van der Waals surface area contributed by atoms with E-state index >= 15 is 0 Å². The lowest BCUT2D eigenvalue weighted by Crippen LogP contribution is -2.60. The quantitative estimate of drug-likeness (QED) is 0.796. The molecule has 0 spiro atoms. The molecule has 1 saturated heterocycles. The van der Waals surface area contributed by atoms with Crippen LogP contribution in [0.25, 0.3) is 0 Å². The molecule has 3 atom stereocenters. The first-order valence-corrected chi connectivity index (χ1v) is 6.55. The maximum atomic E-state index is 6.00. The normalized spacial score (nSPS) is 38.1. The Hall–Kier alpha value is -0.120. The highest BCUT2D eigenvalue weighted by molar-refractivity contribution is 5.02. The maximum absolute atomic E-state index is 6.00. The first-order chi connectivity index (χ1) is 7.64. The molecule has 3 heteroatoms. The molecule has 16 heavy (non-hydrogen) atoms. The Bertz CT molecular complexity index is 224. The fourth-order valence-corrected chi connectivity index (χ4v) is 2.82. The highest BCUT2D eigenvalue weighted by Crippen LogP contribution is 2.42. The first-order valence-electron chi connectivity index (χ1n) is 6.55. The fraction of sp³-hybridized carbons (Fsp3) is 1.00. The van der Waals surface area contributed by atoms with Gasteiger partial charge in [0.05, 0.1) is 18.8 Å². The maximum Gasteiger partial charge on any atom is 0.0808 e. The number of nitrogens with one attached hydrogen (secondary N) is 1. The summed E-state index contributed by atoms with van der Waals surface area (Å²) in [5.41, 5.74) is 0.267. The molecule has 1 aliphatic heterocycles. The summed E-state index contributed by atoms with van der Waals surface area (Å²) in [6.07, 6.45) is 5.56. The summed E-state index contributed by atoms with van der Waals surface area (Å²) >= 11 is 0. The molecule has 3 nitrogen and oxygen atoms in total. The van der Waals surface area contributed by atoms with Crippen molar-refractivity contribution < 1.29 is 9.47 Å². The van der Waals surface area contributed by atoms with Gasteiger partial charge in [0.25, 0.3) is 0 Å². The first kappa shape index (κ1) is 12.3. The summed E-state index contributed by atoms with van der Waals surface area (Å²) in [7, 11) is 2.03. The average Bonchev–Trinajstić information content (AvgIpc) is 2.29. The molecule has 2 rings (SSSR count). The zero-order valence-electron chi connectivity index (χ0n) is 10.8. The van der Waals surface area contributed by atoms with Gasteiger partial charge >= 0.3 is 0 Å². The van der Waals surface area contributed by atoms with E-state index in [1.54, 1.807) is 0 Å². The minimum absolute atomic E-state index is 0.267. The van der Waals surface area contributed by atoms with Gasteiger partial charge in [0, 0.05) is 18.1 Å². The molecule has 0 bridgehead atoms. The lowest BCUT2D eigenvalue weighted by molar-refractivity contribution is -0.145. The summed E-state index contributed by atoms with van der Waals surface area (Å²) < 4.78 is 11.7. The van der Waals surface area contributed by atoms with Gasteiger partial charge in [0.15, 0.2) is 0 Å². The number of hydrogen-bond acceptors (Lipinski definition) is 3. The Kier molecular flexibility index (Phi) is 3.88. The van der Waals surface area contributed by atoms with Crippen LogP contribution in [0, 0.1) is 5.41 Å². The third-order valence-corrected chi connectivity index (χ3v) is 4.28. The average molecular weight is 227 g/mol.